The van der Waals surface area contributed by atoms with Gasteiger partial charge in [0.05, 0.1) is 11.3 Å². The Morgan fingerprint density at radius 1 is 1.30 bits per heavy atom. The smallest absolute Gasteiger partial charge is 0.326 e. The van der Waals surface area contributed by atoms with E-state index in [1.807, 2.05) is 6.92 Å². The van der Waals surface area contributed by atoms with Crippen molar-refractivity contribution in [3.05, 3.63) is 29.3 Å². The van der Waals surface area contributed by atoms with E-state index in [4.69, 9.17) is 5.73 Å². The molecule has 0 bridgehead atoms. The van der Waals surface area contributed by atoms with E-state index in [-0.39, 0.29) is 23.5 Å². The summed E-state index contributed by atoms with van der Waals surface area (Å²) in [6.45, 7) is 1.56. The van der Waals surface area contributed by atoms with Crippen LogP contribution in [0.5, 0.6) is 0 Å². The Morgan fingerprint density at radius 3 is 2.45 bits per heavy atom. The number of halogens is 3. The van der Waals surface area contributed by atoms with Crippen LogP contribution < -0.4 is 10.5 Å². The van der Waals surface area contributed by atoms with Gasteiger partial charge in [0.15, 0.2) is 0 Å². The number of unbranched alkanes of at least 4 members (excludes halogenated alkanes) is 1. The normalized spacial score (nSPS) is 12.4. The monoisotopic (exact) mass is 310 g/mol. The Balaban J connectivity index is 3.04. The van der Waals surface area contributed by atoms with E-state index in [1.54, 1.807) is 0 Å². The van der Waals surface area contributed by atoms with Crippen molar-refractivity contribution in [2.45, 2.75) is 32.5 Å². The minimum atomic E-state index is -4.57. The first-order valence-corrected chi connectivity index (χ1v) is 7.75. The van der Waals surface area contributed by atoms with Crippen molar-refractivity contribution in [1.29, 1.82) is 0 Å². The molecule has 0 saturated heterocycles. The molecule has 0 fully saturated rings. The predicted octanol–water partition coefficient (Wildman–Crippen LogP) is 2.71. The van der Waals surface area contributed by atoms with Crippen molar-refractivity contribution in [3.63, 3.8) is 0 Å². The third-order valence-electron chi connectivity index (χ3n) is 2.68. The van der Waals surface area contributed by atoms with Gasteiger partial charge in [-0.1, -0.05) is 19.4 Å². The van der Waals surface area contributed by atoms with Crippen LogP contribution in [0.2, 0.25) is 0 Å². The number of sulfonamides is 1. The standard InChI is InChI=1S/C12H17F3N2O2S/c1-2-3-6-20(18,19)17-10-5-4-9(8-16)11(7-10)12(13,14)15/h4-5,7,17H,2-3,6,8,16H2,1H3. The number of anilines is 1. The van der Waals surface area contributed by atoms with Gasteiger partial charge in [0.2, 0.25) is 10.0 Å². The summed E-state index contributed by atoms with van der Waals surface area (Å²) in [6.07, 6.45) is -3.44. The molecule has 3 N–H and O–H groups in total. The van der Waals surface area contributed by atoms with E-state index in [1.165, 1.54) is 12.1 Å². The average molecular weight is 310 g/mol. The summed E-state index contributed by atoms with van der Waals surface area (Å²) in [5, 5.41) is 0. The number of nitrogens with one attached hydrogen (secondary N) is 1. The van der Waals surface area contributed by atoms with Gasteiger partial charge in [-0.25, -0.2) is 8.42 Å². The lowest BCUT2D eigenvalue weighted by Gasteiger charge is -2.14. The molecule has 114 valence electrons. The quantitative estimate of drug-likeness (QED) is 0.848. The fourth-order valence-corrected chi connectivity index (χ4v) is 2.90. The Kier molecular flexibility index (Phi) is 5.41. The van der Waals surface area contributed by atoms with E-state index in [9.17, 15) is 21.6 Å². The van der Waals surface area contributed by atoms with Crippen LogP contribution in [0.1, 0.15) is 30.9 Å². The van der Waals surface area contributed by atoms with Gasteiger partial charge in [0, 0.05) is 12.2 Å². The highest BCUT2D eigenvalue weighted by Gasteiger charge is 2.33. The van der Waals surface area contributed by atoms with Crippen LogP contribution >= 0.6 is 0 Å². The van der Waals surface area contributed by atoms with Crippen molar-refractivity contribution in [1.82, 2.24) is 0 Å². The van der Waals surface area contributed by atoms with Crippen LogP contribution in [0.3, 0.4) is 0 Å². The maximum absolute atomic E-state index is 12.8. The second-order valence-corrected chi connectivity index (χ2v) is 6.19. The minimum absolute atomic E-state index is 0.0750. The first kappa shape index (κ1) is 16.8. The highest BCUT2D eigenvalue weighted by atomic mass is 32.2. The van der Waals surface area contributed by atoms with Crippen LogP contribution in [0, 0.1) is 0 Å². The Labute approximate surface area is 116 Å². The summed E-state index contributed by atoms with van der Waals surface area (Å²) < 4.78 is 63.9. The molecule has 1 aromatic rings. The fraction of sp³-hybridized carbons (Fsp3) is 0.500. The van der Waals surface area contributed by atoms with Gasteiger partial charge in [-0.05, 0) is 24.1 Å². The van der Waals surface area contributed by atoms with Crippen molar-refractivity contribution in [2.24, 2.45) is 5.73 Å². The highest BCUT2D eigenvalue weighted by Crippen LogP contribution is 2.33. The Hall–Kier alpha value is -1.28. The van der Waals surface area contributed by atoms with Crippen molar-refractivity contribution < 1.29 is 21.6 Å². The van der Waals surface area contributed by atoms with Gasteiger partial charge in [0.1, 0.15) is 0 Å². The lowest BCUT2D eigenvalue weighted by molar-refractivity contribution is -0.138. The SMILES string of the molecule is CCCCS(=O)(=O)Nc1ccc(CN)c(C(F)(F)F)c1. The van der Waals surface area contributed by atoms with Crippen LogP contribution in [0.25, 0.3) is 0 Å². The number of alkyl halides is 3. The molecular formula is C12H17F3N2O2S. The molecule has 0 heterocycles. The second-order valence-electron chi connectivity index (χ2n) is 4.35. The zero-order valence-corrected chi connectivity index (χ0v) is 11.8. The molecule has 0 aliphatic heterocycles. The summed E-state index contributed by atoms with van der Waals surface area (Å²) in [4.78, 5) is 0. The van der Waals surface area contributed by atoms with Crippen LogP contribution in [0.15, 0.2) is 18.2 Å². The van der Waals surface area contributed by atoms with E-state index < -0.39 is 21.8 Å². The fourth-order valence-electron chi connectivity index (χ4n) is 1.65. The van der Waals surface area contributed by atoms with Gasteiger partial charge >= 0.3 is 6.18 Å². The molecule has 0 spiro atoms. The van der Waals surface area contributed by atoms with Crippen molar-refractivity contribution in [3.8, 4) is 0 Å². The van der Waals surface area contributed by atoms with Crippen molar-refractivity contribution in [2.75, 3.05) is 10.5 Å². The molecule has 0 aliphatic carbocycles. The van der Waals surface area contributed by atoms with Crippen molar-refractivity contribution >= 4 is 15.7 Å². The maximum atomic E-state index is 12.8. The Morgan fingerprint density at radius 2 is 1.95 bits per heavy atom. The molecule has 0 saturated carbocycles. The van der Waals surface area contributed by atoms with E-state index >= 15 is 0 Å². The molecule has 1 rings (SSSR count). The molecule has 4 nitrogen and oxygen atoms in total. The molecule has 0 amide bonds. The highest BCUT2D eigenvalue weighted by molar-refractivity contribution is 7.92. The van der Waals surface area contributed by atoms with Gasteiger partial charge in [-0.3, -0.25) is 4.72 Å². The van der Waals surface area contributed by atoms with Crippen LogP contribution in [0.4, 0.5) is 18.9 Å². The predicted molar refractivity (Wildman–Crippen MR) is 71.7 cm³/mol. The molecule has 0 aliphatic rings. The summed E-state index contributed by atoms with van der Waals surface area (Å²) in [6, 6.07) is 3.23. The first-order chi connectivity index (χ1) is 9.19. The largest absolute Gasteiger partial charge is 0.416 e. The first-order valence-electron chi connectivity index (χ1n) is 6.10. The van der Waals surface area contributed by atoms with Gasteiger partial charge in [-0.2, -0.15) is 13.2 Å². The maximum Gasteiger partial charge on any atom is 0.416 e. The summed E-state index contributed by atoms with van der Waals surface area (Å²) in [5.41, 5.74) is 4.15. The molecule has 0 unspecified atom stereocenters. The third kappa shape index (κ3) is 4.68. The molecular weight excluding hydrogens is 293 g/mol. The molecule has 8 heteroatoms. The topological polar surface area (TPSA) is 72.2 Å². The number of benzene rings is 1. The third-order valence-corrected chi connectivity index (χ3v) is 4.05. The number of rotatable bonds is 6. The summed E-state index contributed by atoms with van der Waals surface area (Å²) in [7, 11) is -3.63. The van der Waals surface area contributed by atoms with Gasteiger partial charge in [-0.15, -0.1) is 0 Å². The van der Waals surface area contributed by atoms with Crippen LogP contribution in [-0.4, -0.2) is 14.2 Å². The molecule has 20 heavy (non-hydrogen) atoms. The summed E-state index contributed by atoms with van der Waals surface area (Å²) >= 11 is 0. The van der Waals surface area contributed by atoms with Crippen LogP contribution in [-0.2, 0) is 22.7 Å². The van der Waals surface area contributed by atoms with Gasteiger partial charge in [0.25, 0.3) is 0 Å². The van der Waals surface area contributed by atoms with Gasteiger partial charge < -0.3 is 5.73 Å². The zero-order valence-electron chi connectivity index (χ0n) is 11.0. The van der Waals surface area contributed by atoms with E-state index in [2.05, 4.69) is 4.72 Å². The lowest BCUT2D eigenvalue weighted by atomic mass is 10.1. The number of hydrogen-bond donors (Lipinski definition) is 2. The minimum Gasteiger partial charge on any atom is -0.326 e. The Bertz CT molecular complexity index is 556. The number of nitrogens with two attached hydrogens (primary N) is 1. The average Bonchev–Trinajstić information content (AvgIpc) is 2.35. The molecule has 0 radical (unpaired) electrons. The lowest BCUT2D eigenvalue weighted by Crippen LogP contribution is -2.18. The summed E-state index contributed by atoms with van der Waals surface area (Å²) in [5.74, 6) is -0.122. The number of hydrogen-bond acceptors (Lipinski definition) is 3. The second kappa shape index (κ2) is 6.45. The molecule has 1 aromatic carbocycles. The zero-order chi connectivity index (χ0) is 15.4. The molecule has 0 aromatic heterocycles. The van der Waals surface area contributed by atoms with E-state index in [0.29, 0.717) is 12.8 Å². The van der Waals surface area contributed by atoms with E-state index in [0.717, 1.165) is 6.07 Å². The molecule has 0 atom stereocenters.